The van der Waals surface area contributed by atoms with Crippen molar-refractivity contribution in [3.05, 3.63) is 92.1 Å². The van der Waals surface area contributed by atoms with Crippen molar-refractivity contribution in [1.82, 2.24) is 20.1 Å². The summed E-state index contributed by atoms with van der Waals surface area (Å²) < 4.78 is 6.82. The fraction of sp³-hybridized carbons (Fsp3) is 0.120. The lowest BCUT2D eigenvalue weighted by Crippen LogP contribution is -2.25. The van der Waals surface area contributed by atoms with Crippen molar-refractivity contribution in [3.63, 3.8) is 0 Å². The van der Waals surface area contributed by atoms with Crippen LogP contribution in [0.5, 0.6) is 5.75 Å². The molecule has 0 unspecified atom stereocenters. The van der Waals surface area contributed by atoms with Crippen LogP contribution in [0.3, 0.4) is 0 Å². The summed E-state index contributed by atoms with van der Waals surface area (Å²) in [5.41, 5.74) is 1.46. The number of thioether (sulfide) groups is 1. The molecule has 3 aromatic carbocycles. The van der Waals surface area contributed by atoms with Gasteiger partial charge in [0.05, 0.1) is 45.7 Å². The Morgan fingerprint density at radius 1 is 0.921 bits per heavy atom. The van der Waals surface area contributed by atoms with Gasteiger partial charge >= 0.3 is 0 Å². The molecule has 0 aliphatic carbocycles. The Balaban J connectivity index is 1.53. The second-order valence-electron chi connectivity index (χ2n) is 7.70. The maximum atomic E-state index is 12.8. The number of nitrogens with zero attached hydrogens (tertiary/aromatic N) is 3. The van der Waals surface area contributed by atoms with Crippen LogP contribution < -0.4 is 15.4 Å². The van der Waals surface area contributed by atoms with Crippen molar-refractivity contribution in [2.75, 3.05) is 18.2 Å². The van der Waals surface area contributed by atoms with Crippen LogP contribution in [0.4, 0.5) is 5.69 Å². The quantitative estimate of drug-likeness (QED) is 0.209. The molecule has 0 saturated carbocycles. The van der Waals surface area contributed by atoms with Crippen LogP contribution in [-0.2, 0) is 11.3 Å². The minimum Gasteiger partial charge on any atom is -0.497 e. The van der Waals surface area contributed by atoms with Gasteiger partial charge in [-0.1, -0.05) is 58.2 Å². The predicted molar refractivity (Wildman–Crippen MR) is 151 cm³/mol. The standard InChI is InChI=1S/C25H19Cl4N5O3S/c1-37-17-6-3-15(4-7-17)31-23(35)13-38-25-33-32-22(34(25)16-5-9-20(28)21(29)11-16)12-30-24(36)18-10-14(26)2-8-19(18)27/h2-11H,12-13H2,1H3,(H,30,36)(H,31,35). The number of benzene rings is 3. The molecule has 0 radical (unpaired) electrons. The van der Waals surface area contributed by atoms with Gasteiger partial charge in [0.2, 0.25) is 5.91 Å². The SMILES string of the molecule is COc1ccc(NC(=O)CSc2nnc(CNC(=O)c3cc(Cl)ccc3Cl)n2-c2ccc(Cl)c(Cl)c2)cc1. The van der Waals surface area contributed by atoms with Crippen LogP contribution in [-0.4, -0.2) is 39.4 Å². The highest BCUT2D eigenvalue weighted by Crippen LogP contribution is 2.29. The number of anilines is 1. The Morgan fingerprint density at radius 2 is 1.66 bits per heavy atom. The summed E-state index contributed by atoms with van der Waals surface area (Å²) in [5, 5.41) is 15.8. The summed E-state index contributed by atoms with van der Waals surface area (Å²) in [4.78, 5) is 25.3. The van der Waals surface area contributed by atoms with Crippen molar-refractivity contribution >= 4 is 75.7 Å². The molecular formula is C25H19Cl4N5O3S. The number of halogens is 4. The van der Waals surface area contributed by atoms with Gasteiger partial charge in [-0.15, -0.1) is 10.2 Å². The van der Waals surface area contributed by atoms with E-state index in [1.54, 1.807) is 66.3 Å². The molecule has 38 heavy (non-hydrogen) atoms. The molecule has 0 atom stereocenters. The van der Waals surface area contributed by atoms with Gasteiger partial charge in [-0.3, -0.25) is 14.2 Å². The van der Waals surface area contributed by atoms with Gasteiger partial charge in [0.25, 0.3) is 5.91 Å². The number of aromatic nitrogens is 3. The highest BCUT2D eigenvalue weighted by molar-refractivity contribution is 7.99. The molecule has 4 rings (SSSR count). The van der Waals surface area contributed by atoms with Gasteiger partial charge in [-0.25, -0.2) is 0 Å². The van der Waals surface area contributed by atoms with Crippen LogP contribution in [0.25, 0.3) is 5.69 Å². The highest BCUT2D eigenvalue weighted by atomic mass is 35.5. The van der Waals surface area contributed by atoms with Gasteiger partial charge in [0.1, 0.15) is 5.75 Å². The molecular weight excluding hydrogens is 592 g/mol. The molecule has 1 aromatic heterocycles. The maximum absolute atomic E-state index is 12.8. The van der Waals surface area contributed by atoms with Gasteiger partial charge in [-0.2, -0.15) is 0 Å². The minimum absolute atomic E-state index is 0.00747. The fourth-order valence-electron chi connectivity index (χ4n) is 3.32. The lowest BCUT2D eigenvalue weighted by atomic mass is 10.2. The van der Waals surface area contributed by atoms with E-state index >= 15 is 0 Å². The first-order valence-electron chi connectivity index (χ1n) is 10.9. The van der Waals surface area contributed by atoms with Gasteiger partial charge in [0.15, 0.2) is 11.0 Å². The molecule has 0 aliphatic heterocycles. The molecule has 196 valence electrons. The zero-order chi connectivity index (χ0) is 27.2. The second kappa shape index (κ2) is 12.7. The topological polar surface area (TPSA) is 98.1 Å². The number of methoxy groups -OCH3 is 1. The average Bonchev–Trinajstić information content (AvgIpc) is 3.32. The van der Waals surface area contributed by atoms with E-state index in [-0.39, 0.29) is 28.8 Å². The first-order chi connectivity index (χ1) is 18.2. The maximum Gasteiger partial charge on any atom is 0.253 e. The summed E-state index contributed by atoms with van der Waals surface area (Å²) >= 11 is 25.7. The summed E-state index contributed by atoms with van der Waals surface area (Å²) in [6.45, 7) is 0.00747. The third kappa shape index (κ3) is 6.92. The third-order valence-corrected chi connectivity index (χ3v) is 7.38. The first-order valence-corrected chi connectivity index (χ1v) is 13.4. The van der Waals surface area contributed by atoms with Gasteiger partial charge in [0, 0.05) is 10.7 Å². The minimum atomic E-state index is -0.436. The zero-order valence-corrected chi connectivity index (χ0v) is 23.5. The number of hydrogen-bond donors (Lipinski definition) is 2. The summed E-state index contributed by atoms with van der Waals surface area (Å²) in [6.07, 6.45) is 0. The number of hydrogen-bond acceptors (Lipinski definition) is 6. The van der Waals surface area contributed by atoms with E-state index in [1.165, 1.54) is 17.8 Å². The molecule has 8 nitrogen and oxygen atoms in total. The molecule has 0 fully saturated rings. The lowest BCUT2D eigenvalue weighted by Gasteiger charge is -2.12. The molecule has 2 N–H and O–H groups in total. The van der Waals surface area contributed by atoms with Crippen molar-refractivity contribution in [2.24, 2.45) is 0 Å². The Labute approximate surface area is 242 Å². The van der Waals surface area contributed by atoms with Crippen LogP contribution in [0.2, 0.25) is 20.1 Å². The molecule has 0 saturated heterocycles. The zero-order valence-electron chi connectivity index (χ0n) is 19.7. The van der Waals surface area contributed by atoms with Crippen LogP contribution in [0.1, 0.15) is 16.2 Å². The van der Waals surface area contributed by atoms with Crippen molar-refractivity contribution in [3.8, 4) is 11.4 Å². The van der Waals surface area contributed by atoms with Gasteiger partial charge < -0.3 is 15.4 Å². The van der Waals surface area contributed by atoms with E-state index in [1.807, 2.05) is 0 Å². The van der Waals surface area contributed by atoms with E-state index < -0.39 is 5.91 Å². The third-order valence-electron chi connectivity index (χ3n) is 5.15. The van der Waals surface area contributed by atoms with Crippen LogP contribution in [0, 0.1) is 0 Å². The van der Waals surface area contributed by atoms with E-state index in [0.717, 1.165) is 0 Å². The molecule has 4 aromatic rings. The largest absolute Gasteiger partial charge is 0.497 e. The number of amides is 2. The molecule has 0 bridgehead atoms. The number of rotatable bonds is 9. The number of carbonyl (C=O) groups is 2. The monoisotopic (exact) mass is 609 g/mol. The van der Waals surface area contributed by atoms with Crippen LogP contribution >= 0.6 is 58.2 Å². The first kappa shape index (κ1) is 28.1. The molecule has 0 spiro atoms. The Kier molecular flexibility index (Phi) is 9.40. The number of nitrogens with one attached hydrogen (secondary N) is 2. The van der Waals surface area contributed by atoms with Crippen LogP contribution in [0.15, 0.2) is 65.8 Å². The summed E-state index contributed by atoms with van der Waals surface area (Å²) in [7, 11) is 1.57. The number of carbonyl (C=O) groups excluding carboxylic acids is 2. The molecule has 1 heterocycles. The normalized spacial score (nSPS) is 10.8. The van der Waals surface area contributed by atoms with E-state index in [4.69, 9.17) is 51.1 Å². The Morgan fingerprint density at radius 3 is 2.37 bits per heavy atom. The Bertz CT molecular complexity index is 1480. The Hall–Kier alpha value is -2.95. The summed E-state index contributed by atoms with van der Waals surface area (Å²) in [6, 6.07) is 16.6. The van der Waals surface area contributed by atoms with E-state index in [2.05, 4.69) is 20.8 Å². The number of ether oxygens (including phenoxy) is 1. The van der Waals surface area contributed by atoms with Gasteiger partial charge in [-0.05, 0) is 60.7 Å². The predicted octanol–water partition coefficient (Wildman–Crippen LogP) is 6.55. The summed E-state index contributed by atoms with van der Waals surface area (Å²) in [5.74, 6) is 0.455. The second-order valence-corrected chi connectivity index (χ2v) is 10.3. The highest BCUT2D eigenvalue weighted by Gasteiger charge is 2.19. The lowest BCUT2D eigenvalue weighted by molar-refractivity contribution is -0.113. The molecule has 13 heteroatoms. The molecule has 0 aliphatic rings. The van der Waals surface area contributed by atoms with Crippen molar-refractivity contribution in [2.45, 2.75) is 11.7 Å². The van der Waals surface area contributed by atoms with E-state index in [0.29, 0.717) is 43.2 Å². The average molecular weight is 611 g/mol. The smallest absolute Gasteiger partial charge is 0.253 e. The molecule has 2 amide bonds. The van der Waals surface area contributed by atoms with Crippen molar-refractivity contribution in [1.29, 1.82) is 0 Å². The fourth-order valence-corrected chi connectivity index (χ4v) is 4.76. The van der Waals surface area contributed by atoms with Crippen molar-refractivity contribution < 1.29 is 14.3 Å². The van der Waals surface area contributed by atoms with E-state index in [9.17, 15) is 9.59 Å².